The number of nitrogens with zero attached hydrogens (tertiary/aromatic N) is 3. The zero-order valence-corrected chi connectivity index (χ0v) is 29.6. The van der Waals surface area contributed by atoms with Crippen molar-refractivity contribution in [2.75, 3.05) is 0 Å². The smallest absolute Gasteiger partial charge is 0.161 e. The molecule has 0 aliphatic carbocycles. The van der Waals surface area contributed by atoms with Crippen LogP contribution >= 0.6 is 11.3 Å². The average molecular weight is 676 g/mol. The monoisotopic (exact) mass is 675 g/mol. The van der Waals surface area contributed by atoms with E-state index in [-0.39, 0.29) is 0 Å². The highest BCUT2D eigenvalue weighted by Crippen LogP contribution is 2.41. The van der Waals surface area contributed by atoms with Crippen LogP contribution in [0.2, 0.25) is 0 Å². The maximum Gasteiger partial charge on any atom is 0.161 e. The Labute approximate surface area is 302 Å². The first-order chi connectivity index (χ1) is 25.2. The van der Waals surface area contributed by atoms with E-state index < -0.39 is 0 Å². The fourth-order valence-corrected chi connectivity index (χ4v) is 8.14. The molecule has 0 saturated heterocycles. The summed E-state index contributed by atoms with van der Waals surface area (Å²) in [4.78, 5) is 11.5. The quantitative estimate of drug-likeness (QED) is 0.143. The molecule has 246 valence electrons. The Balaban J connectivity index is 1.33. The van der Waals surface area contributed by atoms with Gasteiger partial charge in [-0.05, 0) is 72.0 Å². The molecule has 0 N–H and O–H groups in total. The Morgan fingerprint density at radius 3 is 2.33 bits per heavy atom. The van der Waals surface area contributed by atoms with Gasteiger partial charge in [-0.3, -0.25) is 0 Å². The molecule has 4 heteroatoms. The highest BCUT2D eigenvalue weighted by Gasteiger charge is 2.19. The number of allylic oxidation sites excluding steroid dienone is 9. The summed E-state index contributed by atoms with van der Waals surface area (Å²) in [6.07, 6.45) is 16.4. The molecule has 0 amide bonds. The molecule has 8 aromatic rings. The van der Waals surface area contributed by atoms with E-state index >= 15 is 0 Å². The third-order valence-corrected chi connectivity index (χ3v) is 10.4. The van der Waals surface area contributed by atoms with Crippen LogP contribution in [0.3, 0.4) is 0 Å². The Morgan fingerprint density at radius 2 is 1.49 bits per heavy atom. The molecule has 0 aliphatic rings. The second-order valence-corrected chi connectivity index (χ2v) is 13.5. The van der Waals surface area contributed by atoms with Crippen LogP contribution < -0.4 is 0 Å². The molecule has 0 unspecified atom stereocenters. The van der Waals surface area contributed by atoms with Crippen molar-refractivity contribution in [2.24, 2.45) is 0 Å². The van der Waals surface area contributed by atoms with E-state index in [1.807, 2.05) is 12.2 Å². The number of thiophene rings is 1. The average Bonchev–Trinajstić information content (AvgIpc) is 3.72. The summed E-state index contributed by atoms with van der Waals surface area (Å²) in [5.41, 5.74) is 10.2. The zero-order valence-electron chi connectivity index (χ0n) is 28.8. The van der Waals surface area contributed by atoms with Crippen molar-refractivity contribution in [1.82, 2.24) is 14.5 Å². The van der Waals surface area contributed by atoms with Gasteiger partial charge in [-0.1, -0.05) is 140 Å². The molecule has 3 heterocycles. The highest BCUT2D eigenvalue weighted by molar-refractivity contribution is 7.25. The first kappa shape index (κ1) is 32.1. The van der Waals surface area contributed by atoms with Gasteiger partial charge in [0.05, 0.1) is 11.2 Å². The van der Waals surface area contributed by atoms with Crippen LogP contribution in [0.4, 0.5) is 0 Å². The molecule has 0 atom stereocenters. The molecule has 3 aromatic heterocycles. The summed E-state index contributed by atoms with van der Waals surface area (Å²) in [6, 6.07) is 41.4. The molecule has 0 spiro atoms. The van der Waals surface area contributed by atoms with Gasteiger partial charge in [0, 0.05) is 43.9 Å². The fraction of sp³-hybridized carbons (Fsp3) is 0.0638. The summed E-state index contributed by atoms with van der Waals surface area (Å²) in [7, 11) is 0. The van der Waals surface area contributed by atoms with Crippen LogP contribution in [0.5, 0.6) is 0 Å². The van der Waals surface area contributed by atoms with E-state index in [4.69, 9.17) is 9.97 Å². The van der Waals surface area contributed by atoms with Crippen LogP contribution in [0, 0.1) is 0 Å². The number of benzene rings is 5. The van der Waals surface area contributed by atoms with Crippen molar-refractivity contribution in [1.29, 1.82) is 0 Å². The van der Waals surface area contributed by atoms with E-state index in [0.717, 1.165) is 45.0 Å². The number of hydrogen-bond donors (Lipinski definition) is 0. The van der Waals surface area contributed by atoms with Crippen molar-refractivity contribution >= 4 is 59.0 Å². The van der Waals surface area contributed by atoms with Gasteiger partial charge < -0.3 is 4.57 Å². The lowest BCUT2D eigenvalue weighted by Crippen LogP contribution is -1.96. The number of aromatic nitrogens is 3. The molecule has 3 nitrogen and oxygen atoms in total. The topological polar surface area (TPSA) is 30.7 Å². The van der Waals surface area contributed by atoms with E-state index in [1.165, 1.54) is 48.6 Å². The lowest BCUT2D eigenvalue weighted by Gasteiger charge is -2.10. The fourth-order valence-electron chi connectivity index (χ4n) is 7.06. The van der Waals surface area contributed by atoms with Crippen molar-refractivity contribution in [2.45, 2.75) is 20.4 Å². The standard InChI is InChI=1S/C47H37N3S/c1-4-7-8-9-15-29-50-40-28-27-34(33-19-11-10-12-20-33)31-39(40)43-37(24-17-25-41(43)50)35-21-16-22-36(30-35)46-48-45(32(6-3)18-5-2)44-38-23-13-14-26-42(38)51-47(44)49-46/h4-28,30-31H,1,29H2,2-3H3/b8-7-,15-9-,18-5-,32-6+. The minimum Gasteiger partial charge on any atom is -0.337 e. The largest absolute Gasteiger partial charge is 0.337 e. The van der Waals surface area contributed by atoms with E-state index in [2.05, 4.69) is 171 Å². The van der Waals surface area contributed by atoms with Gasteiger partial charge in [0.1, 0.15) is 4.83 Å². The normalized spacial score (nSPS) is 12.5. The van der Waals surface area contributed by atoms with Crippen LogP contribution in [0.1, 0.15) is 19.5 Å². The number of fused-ring (bicyclic) bond motifs is 6. The molecule has 0 bridgehead atoms. The zero-order chi connectivity index (χ0) is 34.7. The summed E-state index contributed by atoms with van der Waals surface area (Å²) in [5, 5.41) is 4.78. The Bertz CT molecular complexity index is 2700. The van der Waals surface area contributed by atoms with Crippen molar-refractivity contribution < 1.29 is 0 Å². The molecule has 0 radical (unpaired) electrons. The lowest BCUT2D eigenvalue weighted by molar-refractivity contribution is 0.899. The van der Waals surface area contributed by atoms with Crippen molar-refractivity contribution in [3.63, 3.8) is 0 Å². The molecule has 51 heavy (non-hydrogen) atoms. The van der Waals surface area contributed by atoms with Crippen molar-refractivity contribution in [3.05, 3.63) is 176 Å². The maximum atomic E-state index is 5.29. The van der Waals surface area contributed by atoms with Crippen LogP contribution in [0.15, 0.2) is 170 Å². The minimum absolute atomic E-state index is 0.730. The summed E-state index contributed by atoms with van der Waals surface area (Å²) >= 11 is 1.73. The second kappa shape index (κ2) is 14.0. The van der Waals surface area contributed by atoms with Crippen LogP contribution in [-0.4, -0.2) is 14.5 Å². The minimum atomic E-state index is 0.730. The first-order valence-electron chi connectivity index (χ1n) is 17.3. The Kier molecular flexibility index (Phi) is 8.83. The van der Waals surface area contributed by atoms with Gasteiger partial charge in [-0.25, -0.2) is 9.97 Å². The number of rotatable bonds is 9. The predicted octanol–water partition coefficient (Wildman–Crippen LogP) is 13.2. The van der Waals surface area contributed by atoms with Gasteiger partial charge in [0.25, 0.3) is 0 Å². The number of hydrogen-bond acceptors (Lipinski definition) is 3. The second-order valence-electron chi connectivity index (χ2n) is 12.5. The molecule has 0 saturated carbocycles. The lowest BCUT2D eigenvalue weighted by atomic mass is 9.96. The third kappa shape index (κ3) is 5.94. The summed E-state index contributed by atoms with van der Waals surface area (Å²) in [5.74, 6) is 0.730. The van der Waals surface area contributed by atoms with E-state index in [9.17, 15) is 0 Å². The molecular formula is C47H37N3S. The van der Waals surface area contributed by atoms with Crippen LogP contribution in [0.25, 0.3) is 81.3 Å². The summed E-state index contributed by atoms with van der Waals surface area (Å²) in [6.45, 7) is 8.67. The Hall–Kier alpha value is -6.10. The van der Waals surface area contributed by atoms with Gasteiger partial charge in [-0.2, -0.15) is 0 Å². The van der Waals surface area contributed by atoms with Crippen molar-refractivity contribution in [3.8, 4) is 33.6 Å². The summed E-state index contributed by atoms with van der Waals surface area (Å²) < 4.78 is 3.63. The van der Waals surface area contributed by atoms with Gasteiger partial charge >= 0.3 is 0 Å². The first-order valence-corrected chi connectivity index (χ1v) is 18.1. The van der Waals surface area contributed by atoms with Crippen LogP contribution in [-0.2, 0) is 6.54 Å². The van der Waals surface area contributed by atoms with Gasteiger partial charge in [0.15, 0.2) is 5.82 Å². The third-order valence-electron chi connectivity index (χ3n) is 9.38. The maximum absolute atomic E-state index is 5.29. The molecule has 0 aliphatic heterocycles. The van der Waals surface area contributed by atoms with Gasteiger partial charge in [0.2, 0.25) is 0 Å². The molecule has 0 fully saturated rings. The SMILES string of the molecule is C=C/C=C\C=C/Cn1c2ccc(-c3ccccc3)cc2c2c(-c3cccc(-c4nc(C(/C=C\C)=C/C)c5c(n4)sc4ccccc45)c3)cccc21. The molecule has 8 rings (SSSR count). The molecule has 5 aromatic carbocycles. The highest BCUT2D eigenvalue weighted by atomic mass is 32.1. The van der Waals surface area contributed by atoms with E-state index in [0.29, 0.717) is 0 Å². The van der Waals surface area contributed by atoms with Gasteiger partial charge in [-0.15, -0.1) is 11.3 Å². The predicted molar refractivity (Wildman–Crippen MR) is 221 cm³/mol. The Morgan fingerprint density at radius 1 is 0.686 bits per heavy atom. The van der Waals surface area contributed by atoms with E-state index in [1.54, 1.807) is 17.4 Å². The molecular weight excluding hydrogens is 639 g/mol.